The molecule has 30 heavy (non-hydrogen) atoms. The summed E-state index contributed by atoms with van der Waals surface area (Å²) < 4.78 is 1.75. The number of carbonyl (C=O) groups is 1. The molecule has 1 aromatic heterocycles. The third-order valence-corrected chi connectivity index (χ3v) is 6.75. The summed E-state index contributed by atoms with van der Waals surface area (Å²) in [5.41, 5.74) is 3.37. The molecule has 4 nitrogen and oxygen atoms in total. The maximum absolute atomic E-state index is 13.2. The first-order valence-electron chi connectivity index (χ1n) is 10.9. The molecule has 0 aliphatic heterocycles. The number of nitrogens with zero attached hydrogens (tertiary/aromatic N) is 1. The second-order valence-electron chi connectivity index (χ2n) is 8.83. The molecular formula is C26H30N2O2. The number of rotatable bonds is 4. The Kier molecular flexibility index (Phi) is 5.76. The fourth-order valence-corrected chi connectivity index (χ4v) is 4.59. The first-order chi connectivity index (χ1) is 14.4. The number of pyridine rings is 1. The highest BCUT2D eigenvalue weighted by molar-refractivity contribution is 6.06. The van der Waals surface area contributed by atoms with Gasteiger partial charge >= 0.3 is 0 Å². The molecule has 156 valence electrons. The highest BCUT2D eigenvalue weighted by atomic mass is 16.2. The molecule has 2 aromatic carbocycles. The second-order valence-corrected chi connectivity index (χ2v) is 8.83. The van der Waals surface area contributed by atoms with Gasteiger partial charge in [0.1, 0.15) is 0 Å². The van der Waals surface area contributed by atoms with E-state index in [1.165, 1.54) is 18.1 Å². The number of para-hydroxylation sites is 1. The summed E-state index contributed by atoms with van der Waals surface area (Å²) in [6.45, 7) is 7.00. The molecule has 4 rings (SSSR count). The van der Waals surface area contributed by atoms with Gasteiger partial charge in [0.15, 0.2) is 0 Å². The zero-order valence-corrected chi connectivity index (χ0v) is 18.0. The van der Waals surface area contributed by atoms with Crippen LogP contribution in [-0.2, 0) is 6.54 Å². The lowest BCUT2D eigenvalue weighted by Crippen LogP contribution is -2.44. The minimum atomic E-state index is -0.149. The van der Waals surface area contributed by atoms with E-state index in [4.69, 9.17) is 0 Å². The molecule has 0 spiro atoms. The molecular weight excluding hydrogens is 372 g/mol. The Labute approximate surface area is 177 Å². The molecule has 1 heterocycles. The third-order valence-electron chi connectivity index (χ3n) is 6.75. The number of fused-ring (bicyclic) bond motifs is 1. The van der Waals surface area contributed by atoms with Gasteiger partial charge in [-0.25, -0.2) is 0 Å². The van der Waals surface area contributed by atoms with Crippen molar-refractivity contribution in [2.75, 3.05) is 0 Å². The van der Waals surface area contributed by atoms with Gasteiger partial charge in [0.25, 0.3) is 11.5 Å². The lowest BCUT2D eigenvalue weighted by Gasteiger charge is -2.34. The topological polar surface area (TPSA) is 51.1 Å². The Bertz CT molecular complexity index is 1110. The van der Waals surface area contributed by atoms with Crippen LogP contribution in [0.1, 0.15) is 54.6 Å². The van der Waals surface area contributed by atoms with Crippen molar-refractivity contribution in [3.05, 3.63) is 81.6 Å². The van der Waals surface area contributed by atoms with E-state index < -0.39 is 0 Å². The zero-order chi connectivity index (χ0) is 21.3. The van der Waals surface area contributed by atoms with Gasteiger partial charge in [0, 0.05) is 17.5 Å². The third kappa shape index (κ3) is 4.04. The van der Waals surface area contributed by atoms with Gasteiger partial charge in [-0.1, -0.05) is 74.7 Å². The number of amides is 1. The highest BCUT2D eigenvalue weighted by Crippen LogP contribution is 2.30. The maximum Gasteiger partial charge on any atom is 0.252 e. The molecule has 1 aliphatic carbocycles. The fourth-order valence-electron chi connectivity index (χ4n) is 4.59. The predicted octanol–water partition coefficient (Wildman–Crippen LogP) is 4.91. The summed E-state index contributed by atoms with van der Waals surface area (Å²) in [5.74, 6) is 0.899. The Morgan fingerprint density at radius 3 is 2.57 bits per heavy atom. The van der Waals surface area contributed by atoms with Crippen molar-refractivity contribution in [1.82, 2.24) is 9.88 Å². The standard InChI is InChI=1S/C26H30N2O2/c1-17-11-13-20(14-12-17)16-28-24-10-5-4-8-21(24)22(15-25(28)29)26(30)27-23-9-6-7-18(2)19(23)3/h4-5,8,10-15,18-19,23H,6-7,9,16H2,1-3H3,(H,27,30). The Morgan fingerprint density at radius 1 is 1.07 bits per heavy atom. The minimum Gasteiger partial charge on any atom is -0.349 e. The normalized spacial score (nSPS) is 21.5. The SMILES string of the molecule is Cc1ccc(Cn2c(=O)cc(C(=O)NC3CCCC(C)C3C)c3ccccc32)cc1. The van der Waals surface area contributed by atoms with Crippen molar-refractivity contribution >= 4 is 16.8 Å². The zero-order valence-electron chi connectivity index (χ0n) is 18.0. The van der Waals surface area contributed by atoms with Crippen LogP contribution in [0.25, 0.3) is 10.9 Å². The summed E-state index contributed by atoms with van der Waals surface area (Å²) in [5, 5.41) is 4.04. The lowest BCUT2D eigenvalue weighted by atomic mass is 9.78. The molecule has 3 atom stereocenters. The van der Waals surface area contributed by atoms with E-state index in [0.717, 1.165) is 29.3 Å². The van der Waals surface area contributed by atoms with Gasteiger partial charge in [-0.2, -0.15) is 0 Å². The molecule has 3 unspecified atom stereocenters. The summed E-state index contributed by atoms with van der Waals surface area (Å²) in [7, 11) is 0. The number of hydrogen-bond acceptors (Lipinski definition) is 2. The summed E-state index contributed by atoms with van der Waals surface area (Å²) >= 11 is 0. The van der Waals surface area contributed by atoms with Gasteiger partial charge in [-0.15, -0.1) is 0 Å². The molecule has 3 aromatic rings. The van der Waals surface area contributed by atoms with Gasteiger partial charge < -0.3 is 9.88 Å². The Hall–Kier alpha value is -2.88. The van der Waals surface area contributed by atoms with E-state index in [9.17, 15) is 9.59 Å². The summed E-state index contributed by atoms with van der Waals surface area (Å²) in [6.07, 6.45) is 3.35. The van der Waals surface area contributed by atoms with Crippen molar-refractivity contribution in [2.24, 2.45) is 11.8 Å². The largest absolute Gasteiger partial charge is 0.349 e. The van der Waals surface area contributed by atoms with Crippen molar-refractivity contribution in [3.63, 3.8) is 0 Å². The molecule has 0 radical (unpaired) electrons. The van der Waals surface area contributed by atoms with E-state index in [2.05, 4.69) is 31.3 Å². The van der Waals surface area contributed by atoms with Crippen molar-refractivity contribution in [3.8, 4) is 0 Å². The smallest absolute Gasteiger partial charge is 0.252 e. The number of benzene rings is 2. The molecule has 0 saturated heterocycles. The second kappa shape index (κ2) is 8.47. The van der Waals surface area contributed by atoms with E-state index in [-0.39, 0.29) is 17.5 Å². The van der Waals surface area contributed by atoms with Crippen LogP contribution in [0.2, 0.25) is 0 Å². The number of aryl methyl sites for hydroxylation is 1. The Morgan fingerprint density at radius 2 is 1.80 bits per heavy atom. The van der Waals surface area contributed by atoms with Gasteiger partial charge in [-0.3, -0.25) is 9.59 Å². The molecule has 1 fully saturated rings. The quantitative estimate of drug-likeness (QED) is 0.674. The molecule has 1 N–H and O–H groups in total. The highest BCUT2D eigenvalue weighted by Gasteiger charge is 2.29. The Balaban J connectivity index is 1.69. The van der Waals surface area contributed by atoms with Crippen LogP contribution in [-0.4, -0.2) is 16.5 Å². The first-order valence-corrected chi connectivity index (χ1v) is 10.9. The van der Waals surface area contributed by atoms with Gasteiger partial charge in [-0.05, 0) is 36.8 Å². The average molecular weight is 403 g/mol. The van der Waals surface area contributed by atoms with E-state index in [1.807, 2.05) is 43.3 Å². The molecule has 0 bridgehead atoms. The number of hydrogen-bond donors (Lipinski definition) is 1. The predicted molar refractivity (Wildman–Crippen MR) is 122 cm³/mol. The first kappa shape index (κ1) is 20.4. The molecule has 1 amide bonds. The summed E-state index contributed by atoms with van der Waals surface area (Å²) in [4.78, 5) is 26.2. The summed E-state index contributed by atoms with van der Waals surface area (Å²) in [6, 6.07) is 17.6. The molecule has 1 saturated carbocycles. The maximum atomic E-state index is 13.2. The molecule has 4 heteroatoms. The van der Waals surface area contributed by atoms with E-state index in [1.54, 1.807) is 4.57 Å². The van der Waals surface area contributed by atoms with Gasteiger partial charge in [0.2, 0.25) is 0 Å². The van der Waals surface area contributed by atoms with Crippen LogP contribution >= 0.6 is 0 Å². The van der Waals surface area contributed by atoms with Crippen LogP contribution in [0, 0.1) is 18.8 Å². The fraction of sp³-hybridized carbons (Fsp3) is 0.385. The molecule has 1 aliphatic rings. The van der Waals surface area contributed by atoms with Crippen LogP contribution in [0.4, 0.5) is 0 Å². The van der Waals surface area contributed by atoms with Crippen LogP contribution < -0.4 is 10.9 Å². The monoisotopic (exact) mass is 402 g/mol. The van der Waals surface area contributed by atoms with Crippen molar-refractivity contribution in [2.45, 2.75) is 52.6 Å². The number of carbonyl (C=O) groups excluding carboxylic acids is 1. The average Bonchev–Trinajstić information content (AvgIpc) is 2.74. The van der Waals surface area contributed by atoms with Crippen LogP contribution in [0.15, 0.2) is 59.4 Å². The van der Waals surface area contributed by atoms with Gasteiger partial charge in [0.05, 0.1) is 17.6 Å². The van der Waals surface area contributed by atoms with Crippen molar-refractivity contribution < 1.29 is 4.79 Å². The lowest BCUT2D eigenvalue weighted by molar-refractivity contribution is 0.0892. The van der Waals surface area contributed by atoms with E-state index >= 15 is 0 Å². The van der Waals surface area contributed by atoms with E-state index in [0.29, 0.717) is 23.9 Å². The minimum absolute atomic E-state index is 0.142. The van der Waals surface area contributed by atoms with Crippen LogP contribution in [0.3, 0.4) is 0 Å². The number of nitrogens with one attached hydrogen (secondary N) is 1. The number of aromatic nitrogens is 1. The van der Waals surface area contributed by atoms with Crippen LogP contribution in [0.5, 0.6) is 0 Å². The van der Waals surface area contributed by atoms with Crippen molar-refractivity contribution in [1.29, 1.82) is 0 Å².